The Balaban J connectivity index is 1.18. The third-order valence-corrected chi connectivity index (χ3v) is 5.81. The number of benzene rings is 2. The SMILES string of the molecule is Cc1ccc(C2=NN(C(=O)COC(=O)CNC(=O)c3ccc4c(c3)OCO4)C(c3ccco3)C2)cc1. The normalized spacial score (nSPS) is 16.0. The fourth-order valence-corrected chi connectivity index (χ4v) is 3.91. The topological polar surface area (TPSA) is 120 Å². The molecule has 184 valence electrons. The van der Waals surface area contributed by atoms with Gasteiger partial charge in [0.05, 0.1) is 12.0 Å². The van der Waals surface area contributed by atoms with Crippen LogP contribution in [0, 0.1) is 6.92 Å². The van der Waals surface area contributed by atoms with E-state index in [1.807, 2.05) is 31.2 Å². The van der Waals surface area contributed by atoms with Crippen molar-refractivity contribution >= 4 is 23.5 Å². The minimum Gasteiger partial charge on any atom is -0.467 e. The van der Waals surface area contributed by atoms with Crippen LogP contribution >= 0.6 is 0 Å². The molecule has 0 bridgehead atoms. The van der Waals surface area contributed by atoms with Crippen LogP contribution in [0.25, 0.3) is 0 Å². The van der Waals surface area contributed by atoms with Gasteiger partial charge in [-0.3, -0.25) is 14.4 Å². The van der Waals surface area contributed by atoms with Gasteiger partial charge in [-0.2, -0.15) is 5.10 Å². The van der Waals surface area contributed by atoms with E-state index in [2.05, 4.69) is 10.4 Å². The van der Waals surface area contributed by atoms with Crippen molar-refractivity contribution in [2.45, 2.75) is 19.4 Å². The Morgan fingerprint density at radius 1 is 1.08 bits per heavy atom. The number of fused-ring (bicyclic) bond motifs is 1. The molecular weight excluding hydrogens is 466 g/mol. The van der Waals surface area contributed by atoms with E-state index in [4.69, 9.17) is 18.6 Å². The van der Waals surface area contributed by atoms with Crippen LogP contribution in [0.1, 0.15) is 39.7 Å². The summed E-state index contributed by atoms with van der Waals surface area (Å²) in [5.74, 6) is -0.161. The molecule has 2 aromatic carbocycles. The number of furan rings is 1. The Kier molecular flexibility index (Phi) is 6.40. The van der Waals surface area contributed by atoms with Gasteiger partial charge in [-0.15, -0.1) is 0 Å². The molecule has 0 fully saturated rings. The summed E-state index contributed by atoms with van der Waals surface area (Å²) in [5.41, 5.74) is 3.05. The Morgan fingerprint density at radius 3 is 2.67 bits per heavy atom. The number of carbonyl (C=O) groups is 3. The summed E-state index contributed by atoms with van der Waals surface area (Å²) >= 11 is 0. The molecule has 10 nitrogen and oxygen atoms in total. The van der Waals surface area contributed by atoms with Crippen LogP contribution in [0.2, 0.25) is 0 Å². The number of hydrogen-bond donors (Lipinski definition) is 1. The molecule has 0 saturated heterocycles. The van der Waals surface area contributed by atoms with Gasteiger partial charge in [-0.1, -0.05) is 29.8 Å². The number of aryl methyl sites for hydroxylation is 1. The summed E-state index contributed by atoms with van der Waals surface area (Å²) in [6.45, 7) is 1.16. The maximum absolute atomic E-state index is 12.9. The third kappa shape index (κ3) is 4.92. The summed E-state index contributed by atoms with van der Waals surface area (Å²) in [4.78, 5) is 37.5. The van der Waals surface area contributed by atoms with Crippen LogP contribution in [0.4, 0.5) is 0 Å². The molecule has 1 N–H and O–H groups in total. The molecule has 1 unspecified atom stereocenters. The number of esters is 1. The first-order valence-corrected chi connectivity index (χ1v) is 11.3. The second-order valence-electron chi connectivity index (χ2n) is 8.30. The second-order valence-corrected chi connectivity index (χ2v) is 8.30. The van der Waals surface area contributed by atoms with Gasteiger partial charge in [-0.05, 0) is 42.8 Å². The van der Waals surface area contributed by atoms with Crippen LogP contribution in [-0.2, 0) is 14.3 Å². The molecule has 10 heteroatoms. The Bertz CT molecular complexity index is 1320. The van der Waals surface area contributed by atoms with Gasteiger partial charge in [-0.25, -0.2) is 5.01 Å². The maximum Gasteiger partial charge on any atom is 0.325 e. The first-order valence-electron chi connectivity index (χ1n) is 11.3. The number of hydrazone groups is 1. The Labute approximate surface area is 206 Å². The van der Waals surface area contributed by atoms with Crippen molar-refractivity contribution in [2.75, 3.05) is 19.9 Å². The average Bonchev–Trinajstić information content (AvgIpc) is 3.66. The zero-order chi connectivity index (χ0) is 25.1. The number of nitrogens with zero attached hydrogens (tertiary/aromatic N) is 2. The molecule has 5 rings (SSSR count). The molecular formula is C26H23N3O7. The van der Waals surface area contributed by atoms with Gasteiger partial charge in [0.15, 0.2) is 18.1 Å². The molecule has 1 atom stereocenters. The lowest BCUT2D eigenvalue weighted by Crippen LogP contribution is -2.34. The average molecular weight is 489 g/mol. The molecule has 2 aliphatic heterocycles. The highest BCUT2D eigenvalue weighted by Gasteiger charge is 2.35. The Morgan fingerprint density at radius 2 is 1.89 bits per heavy atom. The molecule has 2 amide bonds. The van der Waals surface area contributed by atoms with Gasteiger partial charge in [0, 0.05) is 12.0 Å². The van der Waals surface area contributed by atoms with E-state index in [1.165, 1.54) is 17.3 Å². The smallest absolute Gasteiger partial charge is 0.325 e. The molecule has 3 aromatic rings. The van der Waals surface area contributed by atoms with Crippen molar-refractivity contribution in [3.05, 3.63) is 83.3 Å². The van der Waals surface area contributed by atoms with Crippen LogP contribution in [0.3, 0.4) is 0 Å². The van der Waals surface area contributed by atoms with E-state index >= 15 is 0 Å². The van der Waals surface area contributed by atoms with Crippen molar-refractivity contribution in [3.8, 4) is 11.5 Å². The van der Waals surface area contributed by atoms with Crippen molar-refractivity contribution in [1.82, 2.24) is 10.3 Å². The fourth-order valence-electron chi connectivity index (χ4n) is 3.91. The highest BCUT2D eigenvalue weighted by molar-refractivity contribution is 6.03. The molecule has 0 spiro atoms. The van der Waals surface area contributed by atoms with Crippen LogP contribution in [0.15, 0.2) is 70.4 Å². The Hall–Kier alpha value is -4.60. The quantitative estimate of drug-likeness (QED) is 0.507. The highest BCUT2D eigenvalue weighted by atomic mass is 16.7. The molecule has 36 heavy (non-hydrogen) atoms. The third-order valence-electron chi connectivity index (χ3n) is 5.81. The number of ether oxygens (including phenoxy) is 3. The fraction of sp³-hybridized carbons (Fsp3) is 0.231. The van der Waals surface area contributed by atoms with Gasteiger partial charge < -0.3 is 23.9 Å². The van der Waals surface area contributed by atoms with Crippen LogP contribution in [0.5, 0.6) is 11.5 Å². The minimum atomic E-state index is -0.756. The molecule has 3 heterocycles. The maximum atomic E-state index is 12.9. The van der Waals surface area contributed by atoms with E-state index in [0.29, 0.717) is 29.2 Å². The molecule has 0 radical (unpaired) electrons. The second kappa shape index (κ2) is 9.95. The van der Waals surface area contributed by atoms with Crippen molar-refractivity contribution in [2.24, 2.45) is 5.10 Å². The molecule has 0 aliphatic carbocycles. The monoisotopic (exact) mass is 489 g/mol. The van der Waals surface area contributed by atoms with Gasteiger partial charge >= 0.3 is 5.97 Å². The van der Waals surface area contributed by atoms with E-state index in [9.17, 15) is 14.4 Å². The summed E-state index contributed by atoms with van der Waals surface area (Å²) in [6.07, 6.45) is 1.99. The summed E-state index contributed by atoms with van der Waals surface area (Å²) in [7, 11) is 0. The van der Waals surface area contributed by atoms with Crippen molar-refractivity contribution in [3.63, 3.8) is 0 Å². The van der Waals surface area contributed by atoms with E-state index < -0.39 is 37.0 Å². The lowest BCUT2D eigenvalue weighted by atomic mass is 10.0. The first kappa shape index (κ1) is 23.2. The van der Waals surface area contributed by atoms with E-state index in [-0.39, 0.29) is 6.79 Å². The first-order chi connectivity index (χ1) is 17.5. The molecule has 2 aliphatic rings. The number of rotatable bonds is 7. The van der Waals surface area contributed by atoms with Gasteiger partial charge in [0.25, 0.3) is 11.8 Å². The number of amides is 2. The van der Waals surface area contributed by atoms with Crippen LogP contribution in [-0.4, -0.2) is 48.4 Å². The number of carbonyl (C=O) groups excluding carboxylic acids is 3. The summed E-state index contributed by atoms with van der Waals surface area (Å²) < 4.78 is 21.1. The van der Waals surface area contributed by atoms with E-state index in [1.54, 1.807) is 24.3 Å². The number of hydrogen-bond acceptors (Lipinski definition) is 8. The predicted molar refractivity (Wildman–Crippen MR) is 126 cm³/mol. The van der Waals surface area contributed by atoms with E-state index in [0.717, 1.165) is 16.8 Å². The largest absolute Gasteiger partial charge is 0.467 e. The lowest BCUT2D eigenvalue weighted by molar-refractivity contribution is -0.152. The highest BCUT2D eigenvalue weighted by Crippen LogP contribution is 2.33. The standard InChI is InChI=1S/C26H23N3O7/c1-16-4-6-17(7-5-16)19-12-20(21-3-2-10-33-21)29(28-19)24(30)14-34-25(31)13-27-26(32)18-8-9-22-23(11-18)36-15-35-22/h2-11,20H,12-15H2,1H3,(H,27,32). The van der Waals surface area contributed by atoms with Gasteiger partial charge in [0.2, 0.25) is 6.79 Å². The predicted octanol–water partition coefficient (Wildman–Crippen LogP) is 2.97. The lowest BCUT2D eigenvalue weighted by Gasteiger charge is -2.19. The molecule has 1 aromatic heterocycles. The number of nitrogens with one attached hydrogen (secondary N) is 1. The van der Waals surface area contributed by atoms with Crippen molar-refractivity contribution in [1.29, 1.82) is 0 Å². The van der Waals surface area contributed by atoms with Gasteiger partial charge in [0.1, 0.15) is 18.3 Å². The summed E-state index contributed by atoms with van der Waals surface area (Å²) in [5, 5.41) is 8.26. The molecule has 0 saturated carbocycles. The zero-order valence-corrected chi connectivity index (χ0v) is 19.4. The minimum absolute atomic E-state index is 0.0924. The van der Waals surface area contributed by atoms with Crippen molar-refractivity contribution < 1.29 is 33.0 Å². The van der Waals surface area contributed by atoms with Crippen LogP contribution < -0.4 is 14.8 Å². The zero-order valence-electron chi connectivity index (χ0n) is 19.4. The summed E-state index contributed by atoms with van der Waals surface area (Å²) in [6, 6.07) is 15.6.